The molecule has 2 aliphatic heterocycles. The minimum Gasteiger partial charge on any atom is -0.396 e. The largest absolute Gasteiger partial charge is 0.396 e. The lowest BCUT2D eigenvalue weighted by molar-refractivity contribution is -0.131. The average molecular weight is 243 g/mol. The van der Waals surface area contributed by atoms with E-state index < -0.39 is 0 Å². The molecule has 0 amide bonds. The summed E-state index contributed by atoms with van der Waals surface area (Å²) in [5.41, 5.74) is -0.374. The molecule has 2 unspecified atom stereocenters. The fourth-order valence-corrected chi connectivity index (χ4v) is 4.19. The van der Waals surface area contributed by atoms with Gasteiger partial charge in [0.2, 0.25) is 0 Å². The van der Waals surface area contributed by atoms with Gasteiger partial charge in [0.25, 0.3) is 0 Å². The highest BCUT2D eigenvalue weighted by Gasteiger charge is 2.52. The van der Waals surface area contributed by atoms with Crippen molar-refractivity contribution >= 4 is 0 Å². The van der Waals surface area contributed by atoms with E-state index in [1.807, 2.05) is 0 Å². The number of hydrogen-bond donors (Lipinski definition) is 3. The van der Waals surface area contributed by atoms with E-state index in [4.69, 9.17) is 0 Å². The van der Waals surface area contributed by atoms with Crippen LogP contribution < -0.4 is 0 Å². The Bertz CT molecular complexity index is 272. The van der Waals surface area contributed by atoms with Crippen molar-refractivity contribution in [1.82, 2.24) is 4.90 Å². The second-order valence-electron chi connectivity index (χ2n) is 7.09. The van der Waals surface area contributed by atoms with Crippen LogP contribution in [0.4, 0.5) is 0 Å². The lowest BCUT2D eigenvalue weighted by Gasteiger charge is -2.58. The van der Waals surface area contributed by atoms with E-state index in [1.165, 1.54) is 0 Å². The molecule has 2 rings (SSSR count). The van der Waals surface area contributed by atoms with Crippen LogP contribution in [-0.4, -0.2) is 59.7 Å². The summed E-state index contributed by atoms with van der Waals surface area (Å²) in [6, 6.07) is 0. The fourth-order valence-electron chi connectivity index (χ4n) is 4.19. The Labute approximate surface area is 103 Å². The second kappa shape index (κ2) is 4.19. The molecule has 3 N–H and O–H groups in total. The zero-order valence-electron chi connectivity index (χ0n) is 10.9. The van der Waals surface area contributed by atoms with Crippen molar-refractivity contribution < 1.29 is 15.3 Å². The molecule has 2 heterocycles. The van der Waals surface area contributed by atoms with E-state index in [9.17, 15) is 15.3 Å². The van der Waals surface area contributed by atoms with Crippen LogP contribution in [0.1, 0.15) is 26.7 Å². The maximum Gasteiger partial charge on any atom is 0.0500 e. The Morgan fingerprint density at radius 3 is 1.65 bits per heavy atom. The average Bonchev–Trinajstić information content (AvgIpc) is 2.27. The van der Waals surface area contributed by atoms with Gasteiger partial charge in [0.1, 0.15) is 0 Å². The summed E-state index contributed by atoms with van der Waals surface area (Å²) in [6.45, 7) is 7.28. The molecule has 2 saturated heterocycles. The summed E-state index contributed by atoms with van der Waals surface area (Å²) >= 11 is 0. The minimum absolute atomic E-state index is 0.113. The second-order valence-corrected chi connectivity index (χ2v) is 7.09. The summed E-state index contributed by atoms with van der Waals surface area (Å²) in [5, 5.41) is 28.8. The van der Waals surface area contributed by atoms with Gasteiger partial charge in [0, 0.05) is 55.7 Å². The maximum atomic E-state index is 9.76. The van der Waals surface area contributed by atoms with Crippen molar-refractivity contribution in [3.63, 3.8) is 0 Å². The molecular weight excluding hydrogens is 218 g/mol. The van der Waals surface area contributed by atoms with Crippen LogP contribution >= 0.6 is 0 Å². The summed E-state index contributed by atoms with van der Waals surface area (Å²) in [7, 11) is 0. The van der Waals surface area contributed by atoms with Crippen molar-refractivity contribution in [2.45, 2.75) is 26.7 Å². The zero-order valence-corrected chi connectivity index (χ0v) is 10.9. The van der Waals surface area contributed by atoms with E-state index in [-0.39, 0.29) is 36.1 Å². The van der Waals surface area contributed by atoms with E-state index in [0.717, 1.165) is 32.5 Å². The van der Waals surface area contributed by atoms with Gasteiger partial charge in [-0.25, -0.2) is 0 Å². The number of hydrogen-bond acceptors (Lipinski definition) is 4. The molecule has 17 heavy (non-hydrogen) atoms. The van der Waals surface area contributed by atoms with Crippen molar-refractivity contribution in [3.05, 3.63) is 0 Å². The molecule has 0 radical (unpaired) electrons. The highest BCUT2D eigenvalue weighted by Crippen LogP contribution is 2.50. The van der Waals surface area contributed by atoms with E-state index in [0.29, 0.717) is 0 Å². The first-order chi connectivity index (χ1) is 7.88. The normalized spacial score (nSPS) is 50.3. The highest BCUT2D eigenvalue weighted by atomic mass is 16.3. The predicted octanol–water partition coefficient (Wildman–Crippen LogP) is 0.0717. The van der Waals surface area contributed by atoms with Gasteiger partial charge in [-0.3, -0.25) is 0 Å². The first-order valence-corrected chi connectivity index (χ1v) is 6.43. The van der Waals surface area contributed by atoms with Crippen LogP contribution in [0.25, 0.3) is 0 Å². The molecule has 100 valence electrons. The Morgan fingerprint density at radius 2 is 1.29 bits per heavy atom. The third-order valence-corrected chi connectivity index (χ3v) is 4.47. The molecule has 0 aliphatic carbocycles. The van der Waals surface area contributed by atoms with E-state index in [2.05, 4.69) is 18.7 Å². The number of fused-ring (bicyclic) bond motifs is 2. The smallest absolute Gasteiger partial charge is 0.0500 e. The third kappa shape index (κ3) is 2.36. The van der Waals surface area contributed by atoms with Crippen molar-refractivity contribution in [3.8, 4) is 0 Å². The van der Waals surface area contributed by atoms with Gasteiger partial charge in [-0.2, -0.15) is 0 Å². The first-order valence-electron chi connectivity index (χ1n) is 6.43. The molecule has 0 spiro atoms. The first kappa shape index (κ1) is 13.3. The lowest BCUT2D eigenvalue weighted by atomic mass is 9.59. The number of rotatable bonds is 3. The molecule has 0 aromatic heterocycles. The molecule has 4 nitrogen and oxygen atoms in total. The molecule has 2 bridgehead atoms. The summed E-state index contributed by atoms with van der Waals surface area (Å²) in [4.78, 5) is 2.30. The van der Waals surface area contributed by atoms with Crippen LogP contribution in [0.2, 0.25) is 0 Å². The van der Waals surface area contributed by atoms with Crippen molar-refractivity contribution in [2.24, 2.45) is 16.2 Å². The SMILES string of the molecule is CC1(CO)CN2CC(C)(CO)CC(CO)(C2)C1. The molecule has 0 saturated carbocycles. The standard InChI is InChI=1S/C13H25NO3/c1-11(8-15)3-13(10-17)4-12(2,9-16)6-14(5-11)7-13/h15-17H,3-10H2,1-2H3. The monoisotopic (exact) mass is 243 g/mol. The van der Waals surface area contributed by atoms with Crippen LogP contribution in [0, 0.1) is 16.2 Å². The number of aliphatic hydroxyl groups excluding tert-OH is 3. The molecule has 4 heteroatoms. The van der Waals surface area contributed by atoms with E-state index >= 15 is 0 Å². The summed E-state index contributed by atoms with van der Waals surface area (Å²) in [6.07, 6.45) is 1.69. The quantitative estimate of drug-likeness (QED) is 0.656. The van der Waals surface area contributed by atoms with Crippen LogP contribution in [0.15, 0.2) is 0 Å². The number of nitrogens with zero attached hydrogens (tertiary/aromatic N) is 1. The van der Waals surface area contributed by atoms with Gasteiger partial charge >= 0.3 is 0 Å². The fraction of sp³-hybridized carbons (Fsp3) is 1.00. The zero-order chi connectivity index (χ0) is 12.7. The molecular formula is C13H25NO3. The van der Waals surface area contributed by atoms with Gasteiger partial charge in [-0.1, -0.05) is 13.8 Å². The van der Waals surface area contributed by atoms with Gasteiger partial charge in [-0.15, -0.1) is 0 Å². The van der Waals surface area contributed by atoms with Crippen LogP contribution in [0.5, 0.6) is 0 Å². The minimum atomic E-state index is -0.147. The van der Waals surface area contributed by atoms with Gasteiger partial charge in [0.05, 0.1) is 0 Å². The molecule has 0 aromatic rings. The van der Waals surface area contributed by atoms with Crippen LogP contribution in [0.3, 0.4) is 0 Å². The van der Waals surface area contributed by atoms with E-state index in [1.54, 1.807) is 0 Å². The van der Waals surface area contributed by atoms with Crippen molar-refractivity contribution in [1.29, 1.82) is 0 Å². The summed E-state index contributed by atoms with van der Waals surface area (Å²) in [5.74, 6) is 0. The van der Waals surface area contributed by atoms with Crippen molar-refractivity contribution in [2.75, 3.05) is 39.5 Å². The highest BCUT2D eigenvalue weighted by molar-refractivity contribution is 5.03. The number of aliphatic hydroxyl groups is 3. The van der Waals surface area contributed by atoms with Gasteiger partial charge in [0.15, 0.2) is 0 Å². The Morgan fingerprint density at radius 1 is 0.824 bits per heavy atom. The Hall–Kier alpha value is -0.160. The molecule has 0 aromatic carbocycles. The third-order valence-electron chi connectivity index (χ3n) is 4.47. The maximum absolute atomic E-state index is 9.76. The number of piperidine rings is 2. The van der Waals surface area contributed by atoms with Gasteiger partial charge in [-0.05, 0) is 12.8 Å². The predicted molar refractivity (Wildman–Crippen MR) is 65.6 cm³/mol. The Balaban J connectivity index is 2.25. The van der Waals surface area contributed by atoms with Crippen LogP contribution in [-0.2, 0) is 0 Å². The summed E-state index contributed by atoms with van der Waals surface area (Å²) < 4.78 is 0. The topological polar surface area (TPSA) is 63.9 Å². The molecule has 2 aliphatic rings. The Kier molecular flexibility index (Phi) is 3.28. The molecule has 2 atom stereocenters. The lowest BCUT2D eigenvalue weighted by Crippen LogP contribution is -2.62. The van der Waals surface area contributed by atoms with Gasteiger partial charge < -0.3 is 20.2 Å². The molecule has 2 fully saturated rings.